The van der Waals surface area contributed by atoms with E-state index < -0.39 is 0 Å². The Balaban J connectivity index is 0. The second-order valence-corrected chi connectivity index (χ2v) is 3.17. The van der Waals surface area contributed by atoms with Crippen molar-refractivity contribution in [3.8, 4) is 0 Å². The van der Waals surface area contributed by atoms with Gasteiger partial charge in [-0.3, -0.25) is 4.79 Å². The molecule has 14 heavy (non-hydrogen) atoms. The summed E-state index contributed by atoms with van der Waals surface area (Å²) in [5, 5.41) is 1.61. The fraction of sp³-hybridized carbons (Fsp3) is 0.545. The molecule has 0 aromatic heterocycles. The van der Waals surface area contributed by atoms with Crippen LogP contribution in [-0.4, -0.2) is 17.9 Å². The van der Waals surface area contributed by atoms with E-state index in [0.717, 1.165) is 31.8 Å². The number of rotatable bonds is 6. The third-order valence-corrected chi connectivity index (χ3v) is 1.93. The van der Waals surface area contributed by atoms with E-state index in [0.29, 0.717) is 5.57 Å². The molecule has 0 saturated heterocycles. The Kier molecular flexibility index (Phi) is 13.6. The minimum absolute atomic E-state index is 0.160. The molecule has 0 amide bonds. The van der Waals surface area contributed by atoms with E-state index in [-0.39, 0.29) is 5.92 Å². The lowest BCUT2D eigenvalue weighted by Gasteiger charge is -1.98. The van der Waals surface area contributed by atoms with Crippen molar-refractivity contribution in [2.24, 2.45) is 5.92 Å². The summed E-state index contributed by atoms with van der Waals surface area (Å²) in [5.41, 5.74) is 0.662. The van der Waals surface area contributed by atoms with Crippen molar-refractivity contribution in [1.29, 1.82) is 0 Å². The van der Waals surface area contributed by atoms with Gasteiger partial charge < -0.3 is 4.79 Å². The van der Waals surface area contributed by atoms with Crippen molar-refractivity contribution in [3.63, 3.8) is 0 Å². The van der Waals surface area contributed by atoms with Gasteiger partial charge in [0.25, 0.3) is 0 Å². The zero-order valence-corrected chi connectivity index (χ0v) is 9.68. The molecule has 1 unspecified atom stereocenters. The second kappa shape index (κ2) is 12.2. The number of carbonyl (C=O) groups is 2. The van der Waals surface area contributed by atoms with Crippen molar-refractivity contribution in [2.45, 2.75) is 33.1 Å². The summed E-state index contributed by atoms with van der Waals surface area (Å²) < 4.78 is 0. The smallest absolute Gasteiger partial charge is 0.145 e. The van der Waals surface area contributed by atoms with Crippen LogP contribution < -0.4 is 0 Å². The van der Waals surface area contributed by atoms with Crippen LogP contribution in [0.15, 0.2) is 12.2 Å². The Morgan fingerprint density at radius 1 is 1.43 bits per heavy atom. The standard InChI is InChI=1S/C6H10OS.C5H8O/c1-2-6(5-7)3-4-8;1-3-5(2)4-6/h4-6H,2-3H2,1H3;4H,2-3H2,1H3. The maximum atomic E-state index is 10.1. The molecule has 0 saturated carbocycles. The van der Waals surface area contributed by atoms with E-state index in [4.69, 9.17) is 0 Å². The summed E-state index contributed by atoms with van der Waals surface area (Å²) in [6, 6.07) is 0. The van der Waals surface area contributed by atoms with Gasteiger partial charge >= 0.3 is 0 Å². The molecule has 0 N–H and O–H groups in total. The zero-order valence-electron chi connectivity index (χ0n) is 8.86. The fourth-order valence-electron chi connectivity index (χ4n) is 0.525. The van der Waals surface area contributed by atoms with Gasteiger partial charge in [-0.1, -0.05) is 32.6 Å². The van der Waals surface area contributed by atoms with Gasteiger partial charge in [-0.05, 0) is 30.2 Å². The van der Waals surface area contributed by atoms with Gasteiger partial charge in [0.15, 0.2) is 0 Å². The molecule has 0 heterocycles. The SMILES string of the molecule is C=C(C=O)CC.CCC(C=O)CC=S. The molecule has 0 aromatic carbocycles. The molecule has 0 bridgehead atoms. The molecule has 0 aliphatic carbocycles. The number of aldehydes is 2. The van der Waals surface area contributed by atoms with Crippen LogP contribution in [0.3, 0.4) is 0 Å². The van der Waals surface area contributed by atoms with Crippen LogP contribution >= 0.6 is 12.2 Å². The summed E-state index contributed by atoms with van der Waals surface area (Å²) in [6.45, 7) is 7.31. The third kappa shape index (κ3) is 11.2. The van der Waals surface area contributed by atoms with Gasteiger partial charge in [0.05, 0.1) is 0 Å². The Bertz CT molecular complexity index is 188. The lowest BCUT2D eigenvalue weighted by molar-refractivity contribution is -0.111. The van der Waals surface area contributed by atoms with Crippen LogP contribution in [0.1, 0.15) is 33.1 Å². The van der Waals surface area contributed by atoms with Crippen molar-refractivity contribution in [2.75, 3.05) is 0 Å². The average molecular weight is 214 g/mol. The molecule has 0 rings (SSSR count). The molecule has 80 valence electrons. The Labute approximate surface area is 91.4 Å². The summed E-state index contributed by atoms with van der Waals surface area (Å²) in [4.78, 5) is 19.7. The molecule has 0 spiro atoms. The van der Waals surface area contributed by atoms with Gasteiger partial charge in [-0.15, -0.1) is 0 Å². The minimum Gasteiger partial charge on any atom is -0.303 e. The number of hydrogen-bond acceptors (Lipinski definition) is 3. The summed E-state index contributed by atoms with van der Waals surface area (Å²) in [7, 11) is 0. The largest absolute Gasteiger partial charge is 0.303 e. The van der Waals surface area contributed by atoms with Crippen molar-refractivity contribution in [3.05, 3.63) is 12.2 Å². The van der Waals surface area contributed by atoms with E-state index in [1.165, 1.54) is 0 Å². The summed E-state index contributed by atoms with van der Waals surface area (Å²) >= 11 is 4.58. The fourth-order valence-corrected chi connectivity index (χ4v) is 0.773. The lowest BCUT2D eigenvalue weighted by atomic mass is 10.1. The first-order valence-electron chi connectivity index (χ1n) is 4.68. The molecule has 0 radical (unpaired) electrons. The van der Waals surface area contributed by atoms with Gasteiger partial charge in [0.1, 0.15) is 12.6 Å². The Hall–Kier alpha value is -0.830. The zero-order chi connectivity index (χ0) is 11.4. The number of allylic oxidation sites excluding steroid dienone is 1. The normalized spacial score (nSPS) is 10.4. The lowest BCUT2D eigenvalue weighted by Crippen LogP contribution is -1.98. The molecule has 0 aliphatic heterocycles. The molecule has 1 atom stereocenters. The highest BCUT2D eigenvalue weighted by Gasteiger charge is 1.98. The van der Waals surface area contributed by atoms with Crippen LogP contribution in [0.5, 0.6) is 0 Å². The van der Waals surface area contributed by atoms with Crippen LogP contribution in [0, 0.1) is 5.92 Å². The maximum Gasteiger partial charge on any atom is 0.145 e. The first-order chi connectivity index (χ1) is 6.65. The van der Waals surface area contributed by atoms with Crippen LogP contribution in [-0.2, 0) is 9.59 Å². The van der Waals surface area contributed by atoms with Crippen LogP contribution in [0.25, 0.3) is 0 Å². The predicted molar refractivity (Wildman–Crippen MR) is 63.6 cm³/mol. The van der Waals surface area contributed by atoms with Gasteiger partial charge in [-0.25, -0.2) is 0 Å². The molecule has 0 aliphatic rings. The maximum absolute atomic E-state index is 10.1. The quantitative estimate of drug-likeness (QED) is 0.387. The summed E-state index contributed by atoms with van der Waals surface area (Å²) in [6.07, 6.45) is 4.15. The van der Waals surface area contributed by atoms with E-state index in [1.54, 1.807) is 5.37 Å². The predicted octanol–water partition coefficient (Wildman–Crippen LogP) is 2.75. The average Bonchev–Trinajstić information content (AvgIpc) is 2.25. The van der Waals surface area contributed by atoms with E-state index >= 15 is 0 Å². The highest BCUT2D eigenvalue weighted by Crippen LogP contribution is 2.00. The first kappa shape index (κ1) is 15.6. The van der Waals surface area contributed by atoms with Crippen LogP contribution in [0.2, 0.25) is 0 Å². The van der Waals surface area contributed by atoms with Gasteiger partial charge in [0, 0.05) is 5.92 Å². The highest BCUT2D eigenvalue weighted by molar-refractivity contribution is 7.78. The van der Waals surface area contributed by atoms with Crippen molar-refractivity contribution < 1.29 is 9.59 Å². The monoisotopic (exact) mass is 214 g/mol. The van der Waals surface area contributed by atoms with E-state index in [9.17, 15) is 9.59 Å². The molecule has 0 fully saturated rings. The molecular formula is C11H18O2S. The Morgan fingerprint density at radius 3 is 2.07 bits per heavy atom. The van der Waals surface area contributed by atoms with E-state index in [2.05, 4.69) is 18.8 Å². The summed E-state index contributed by atoms with van der Waals surface area (Å²) in [5.74, 6) is 0.160. The van der Waals surface area contributed by atoms with E-state index in [1.807, 2.05) is 13.8 Å². The third-order valence-electron chi connectivity index (χ3n) is 1.74. The van der Waals surface area contributed by atoms with Gasteiger partial charge in [0.2, 0.25) is 0 Å². The van der Waals surface area contributed by atoms with Gasteiger partial charge in [-0.2, -0.15) is 0 Å². The first-order valence-corrected chi connectivity index (χ1v) is 5.15. The minimum atomic E-state index is 0.160. The second-order valence-electron chi connectivity index (χ2n) is 2.84. The molecule has 3 heteroatoms. The van der Waals surface area contributed by atoms with Crippen molar-refractivity contribution >= 4 is 30.2 Å². The Morgan fingerprint density at radius 2 is 2.00 bits per heavy atom. The molecule has 0 aromatic rings. The van der Waals surface area contributed by atoms with Crippen LogP contribution in [0.4, 0.5) is 0 Å². The topological polar surface area (TPSA) is 34.1 Å². The highest BCUT2D eigenvalue weighted by atomic mass is 32.1. The number of carbonyl (C=O) groups excluding carboxylic acids is 2. The van der Waals surface area contributed by atoms with Crippen molar-refractivity contribution in [1.82, 2.24) is 0 Å². The number of hydrogen-bond donors (Lipinski definition) is 0. The number of thiocarbonyl (C=S) groups is 1. The molecule has 2 nitrogen and oxygen atoms in total. The molecular weight excluding hydrogens is 196 g/mol.